The number of thiazole rings is 1. The van der Waals surface area contributed by atoms with E-state index in [1.165, 1.54) is 60.8 Å². The van der Waals surface area contributed by atoms with E-state index in [0.717, 1.165) is 11.1 Å². The molecule has 9 nitrogen and oxygen atoms in total. The van der Waals surface area contributed by atoms with Crippen molar-refractivity contribution in [2.24, 2.45) is 0 Å². The topological polar surface area (TPSA) is 104 Å². The van der Waals surface area contributed by atoms with Crippen LogP contribution in [0.4, 0.5) is 15.8 Å². The van der Waals surface area contributed by atoms with E-state index in [-0.39, 0.29) is 36.8 Å². The van der Waals surface area contributed by atoms with E-state index in [2.05, 4.69) is 4.98 Å². The van der Waals surface area contributed by atoms with E-state index >= 15 is 0 Å². The lowest BCUT2D eigenvalue weighted by Crippen LogP contribution is -2.31. The van der Waals surface area contributed by atoms with Gasteiger partial charge in [-0.2, -0.15) is 0 Å². The van der Waals surface area contributed by atoms with Crippen molar-refractivity contribution >= 4 is 28.6 Å². The molecule has 0 N–H and O–H groups in total. The summed E-state index contributed by atoms with van der Waals surface area (Å²) in [6, 6.07) is 7.70. The Morgan fingerprint density at radius 3 is 2.48 bits per heavy atom. The first kappa shape index (κ1) is 24.1. The van der Waals surface area contributed by atoms with Crippen molar-refractivity contribution in [1.29, 1.82) is 0 Å². The zero-order valence-corrected chi connectivity index (χ0v) is 19.1. The number of rotatable bonds is 10. The van der Waals surface area contributed by atoms with Gasteiger partial charge in [0.05, 0.1) is 42.0 Å². The molecule has 2 aromatic carbocycles. The Morgan fingerprint density at radius 1 is 1.18 bits per heavy atom. The molecule has 174 valence electrons. The minimum absolute atomic E-state index is 0.0420. The number of carbonyl (C=O) groups is 1. The minimum atomic E-state index is -0.666. The molecule has 0 aliphatic carbocycles. The van der Waals surface area contributed by atoms with E-state index in [9.17, 15) is 19.3 Å². The van der Waals surface area contributed by atoms with Crippen molar-refractivity contribution in [3.05, 3.63) is 74.0 Å². The number of nitrogens with zero attached hydrogens (tertiary/aromatic N) is 3. The quantitative estimate of drug-likeness (QED) is 0.243. The number of halogens is 1. The number of benzene rings is 2. The highest BCUT2D eigenvalue weighted by atomic mass is 32.1. The first-order chi connectivity index (χ1) is 15.8. The number of carbonyl (C=O) groups excluding carboxylic acids is 1. The first-order valence-electron chi connectivity index (χ1n) is 9.80. The highest BCUT2D eigenvalue weighted by molar-refractivity contribution is 7.09. The normalized spacial score (nSPS) is 10.7. The Labute approximate surface area is 193 Å². The van der Waals surface area contributed by atoms with Crippen molar-refractivity contribution in [2.75, 3.05) is 32.3 Å². The molecule has 3 rings (SSSR count). The summed E-state index contributed by atoms with van der Waals surface area (Å²) in [5, 5.41) is 14.4. The minimum Gasteiger partial charge on any atom is -0.493 e. The molecule has 33 heavy (non-hydrogen) atoms. The van der Waals surface area contributed by atoms with Gasteiger partial charge in [0.25, 0.3) is 11.6 Å². The van der Waals surface area contributed by atoms with Crippen LogP contribution in [-0.2, 0) is 11.3 Å². The molecule has 0 atom stereocenters. The highest BCUT2D eigenvalue weighted by Crippen LogP contribution is 2.36. The van der Waals surface area contributed by atoms with Gasteiger partial charge in [-0.3, -0.25) is 14.9 Å². The molecule has 1 heterocycles. The molecule has 0 radical (unpaired) electrons. The Balaban J connectivity index is 2.06. The van der Waals surface area contributed by atoms with Gasteiger partial charge in [0.1, 0.15) is 18.0 Å². The Bertz CT molecular complexity index is 1140. The zero-order chi connectivity index (χ0) is 24.0. The predicted molar refractivity (Wildman–Crippen MR) is 121 cm³/mol. The number of amides is 1. The standard InChI is InChI=1S/C22H22FN3O6S/c1-14-24-16(13-33-14)12-25(17-6-4-15(23)5-7-17)22(27)18-10-20(31-3)21(32-9-8-30-2)11-19(18)26(28)29/h4-7,10-11,13H,8-9,12H2,1-3H3. The van der Waals surface area contributed by atoms with Crippen molar-refractivity contribution in [3.8, 4) is 11.5 Å². The van der Waals surface area contributed by atoms with Gasteiger partial charge < -0.3 is 19.1 Å². The molecule has 1 aromatic heterocycles. The fraction of sp³-hybridized carbons (Fsp3) is 0.273. The largest absolute Gasteiger partial charge is 0.493 e. The molecule has 0 fully saturated rings. The summed E-state index contributed by atoms with van der Waals surface area (Å²) in [6.07, 6.45) is 0. The third kappa shape index (κ3) is 5.82. The summed E-state index contributed by atoms with van der Waals surface area (Å²) in [6.45, 7) is 2.28. The molecule has 0 saturated heterocycles. The van der Waals surface area contributed by atoms with Gasteiger partial charge in [0.15, 0.2) is 11.5 Å². The van der Waals surface area contributed by atoms with Crippen molar-refractivity contribution in [2.45, 2.75) is 13.5 Å². The van der Waals surface area contributed by atoms with Crippen LogP contribution in [0.5, 0.6) is 11.5 Å². The fourth-order valence-corrected chi connectivity index (χ4v) is 3.67. The van der Waals surface area contributed by atoms with Gasteiger partial charge >= 0.3 is 0 Å². The average Bonchev–Trinajstić information content (AvgIpc) is 3.22. The third-order valence-corrected chi connectivity index (χ3v) is 5.45. The van der Waals surface area contributed by atoms with Crippen LogP contribution in [0, 0.1) is 22.9 Å². The third-order valence-electron chi connectivity index (χ3n) is 4.62. The van der Waals surface area contributed by atoms with Crippen LogP contribution in [0.15, 0.2) is 41.8 Å². The van der Waals surface area contributed by atoms with E-state index in [0.29, 0.717) is 11.4 Å². The van der Waals surface area contributed by atoms with Gasteiger partial charge in [-0.25, -0.2) is 9.37 Å². The molecule has 0 unspecified atom stereocenters. The van der Waals surface area contributed by atoms with Crippen molar-refractivity contribution in [3.63, 3.8) is 0 Å². The second-order valence-electron chi connectivity index (χ2n) is 6.84. The van der Waals surface area contributed by atoms with Crippen LogP contribution in [0.1, 0.15) is 21.1 Å². The Kier molecular flexibility index (Phi) is 7.91. The second kappa shape index (κ2) is 10.8. The number of hydrogen-bond donors (Lipinski definition) is 0. The van der Waals surface area contributed by atoms with Crippen LogP contribution in [0.25, 0.3) is 0 Å². The van der Waals surface area contributed by atoms with Crippen molar-refractivity contribution < 1.29 is 28.3 Å². The number of nitro benzene ring substituents is 1. The van der Waals surface area contributed by atoms with E-state index < -0.39 is 22.3 Å². The van der Waals surface area contributed by atoms with Crippen LogP contribution in [-0.4, -0.2) is 43.2 Å². The molecular formula is C22H22FN3O6S. The summed E-state index contributed by atoms with van der Waals surface area (Å²) >= 11 is 1.41. The van der Waals surface area contributed by atoms with Gasteiger partial charge in [-0.05, 0) is 31.2 Å². The lowest BCUT2D eigenvalue weighted by Gasteiger charge is -2.23. The van der Waals surface area contributed by atoms with E-state index in [4.69, 9.17) is 14.2 Å². The summed E-state index contributed by atoms with van der Waals surface area (Å²) in [5.74, 6) is -0.869. The maximum absolute atomic E-state index is 13.6. The van der Waals surface area contributed by atoms with E-state index in [1.807, 2.05) is 6.92 Å². The highest BCUT2D eigenvalue weighted by Gasteiger charge is 2.29. The average molecular weight is 475 g/mol. The van der Waals surface area contributed by atoms with Crippen LogP contribution >= 0.6 is 11.3 Å². The molecule has 1 amide bonds. The summed E-state index contributed by atoms with van der Waals surface area (Å²) < 4.78 is 29.3. The van der Waals surface area contributed by atoms with Gasteiger partial charge in [0.2, 0.25) is 0 Å². The number of ether oxygens (including phenoxy) is 3. The number of nitro groups is 1. The van der Waals surface area contributed by atoms with Crippen LogP contribution in [0.3, 0.4) is 0 Å². The lowest BCUT2D eigenvalue weighted by molar-refractivity contribution is -0.385. The van der Waals surface area contributed by atoms with Gasteiger partial charge in [0, 0.05) is 24.2 Å². The zero-order valence-electron chi connectivity index (χ0n) is 18.2. The number of aromatic nitrogens is 1. The Morgan fingerprint density at radius 2 is 1.91 bits per heavy atom. The molecule has 0 aliphatic rings. The molecule has 3 aromatic rings. The number of anilines is 1. The summed E-state index contributed by atoms with van der Waals surface area (Å²) in [5.41, 5.74) is 0.312. The maximum atomic E-state index is 13.6. The molecule has 11 heteroatoms. The number of aryl methyl sites for hydroxylation is 1. The summed E-state index contributed by atoms with van der Waals surface area (Å²) in [7, 11) is 2.87. The van der Waals surface area contributed by atoms with Gasteiger partial charge in [-0.15, -0.1) is 11.3 Å². The SMILES string of the molecule is COCCOc1cc([N+](=O)[O-])c(C(=O)N(Cc2csc(C)n2)c2ccc(F)cc2)cc1OC. The number of methoxy groups -OCH3 is 2. The van der Waals surface area contributed by atoms with Crippen molar-refractivity contribution in [1.82, 2.24) is 4.98 Å². The van der Waals surface area contributed by atoms with Crippen LogP contribution in [0.2, 0.25) is 0 Å². The predicted octanol–water partition coefficient (Wildman–Crippen LogP) is 4.38. The summed E-state index contributed by atoms with van der Waals surface area (Å²) in [4.78, 5) is 30.4. The fourth-order valence-electron chi connectivity index (χ4n) is 3.07. The smallest absolute Gasteiger partial charge is 0.286 e. The second-order valence-corrected chi connectivity index (χ2v) is 7.91. The lowest BCUT2D eigenvalue weighted by atomic mass is 10.1. The monoisotopic (exact) mass is 475 g/mol. The molecular weight excluding hydrogens is 453 g/mol. The molecule has 0 aliphatic heterocycles. The van der Waals surface area contributed by atoms with Gasteiger partial charge in [-0.1, -0.05) is 0 Å². The molecule has 0 saturated carbocycles. The Hall–Kier alpha value is -3.57. The molecule has 0 spiro atoms. The van der Waals surface area contributed by atoms with E-state index in [1.54, 1.807) is 5.38 Å². The van der Waals surface area contributed by atoms with Crippen LogP contribution < -0.4 is 14.4 Å². The molecule has 0 bridgehead atoms. The first-order valence-corrected chi connectivity index (χ1v) is 10.7. The number of hydrogen-bond acceptors (Lipinski definition) is 8. The maximum Gasteiger partial charge on any atom is 0.286 e.